The van der Waals surface area contributed by atoms with Crippen molar-refractivity contribution in [2.45, 2.75) is 17.9 Å². The van der Waals surface area contributed by atoms with Crippen molar-refractivity contribution in [3.8, 4) is 5.75 Å². The summed E-state index contributed by atoms with van der Waals surface area (Å²) in [5, 5.41) is 32.3. The van der Waals surface area contributed by atoms with Gasteiger partial charge in [-0.2, -0.15) is 0 Å². The van der Waals surface area contributed by atoms with Gasteiger partial charge in [0.25, 0.3) is 15.7 Å². The molecule has 0 radical (unpaired) electrons. The maximum absolute atomic E-state index is 13.4. The van der Waals surface area contributed by atoms with E-state index in [9.17, 15) is 33.5 Å². The minimum absolute atomic E-state index is 0.00874. The van der Waals surface area contributed by atoms with Crippen molar-refractivity contribution in [1.82, 2.24) is 0 Å². The van der Waals surface area contributed by atoms with E-state index in [0.29, 0.717) is 0 Å². The van der Waals surface area contributed by atoms with Crippen molar-refractivity contribution >= 4 is 27.4 Å². The third kappa shape index (κ3) is 5.88. The summed E-state index contributed by atoms with van der Waals surface area (Å²) in [5.41, 5.74) is 0.752. The second-order valence-electron chi connectivity index (χ2n) is 7.40. The zero-order valence-electron chi connectivity index (χ0n) is 18.0. The Balaban J connectivity index is 1.83. The number of carbonyl (C=O) groups is 1. The highest BCUT2D eigenvalue weighted by Crippen LogP contribution is 2.25. The predicted octanol–water partition coefficient (Wildman–Crippen LogP) is 1.90. The van der Waals surface area contributed by atoms with E-state index in [1.54, 1.807) is 12.1 Å². The number of non-ortho nitro benzene ring substituents is 1. The molecule has 0 spiro atoms. The minimum atomic E-state index is -4.12. The number of aryl methyl sites for hydroxylation is 1. The number of nitrogens with zero attached hydrogens (tertiary/aromatic N) is 2. The summed E-state index contributed by atoms with van der Waals surface area (Å²) in [7, 11) is -4.12. The zero-order valence-corrected chi connectivity index (χ0v) is 18.8. The molecule has 0 heterocycles. The molecule has 178 valence electrons. The van der Waals surface area contributed by atoms with Gasteiger partial charge < -0.3 is 19.7 Å². The molecule has 11 heteroatoms. The van der Waals surface area contributed by atoms with Crippen LogP contribution in [0.3, 0.4) is 0 Å². The number of sulfonamides is 1. The molecule has 10 nitrogen and oxygen atoms in total. The third-order valence-corrected chi connectivity index (χ3v) is 6.67. The van der Waals surface area contributed by atoms with E-state index >= 15 is 0 Å². The normalized spacial score (nSPS) is 12.1. The molecular weight excluding hydrogens is 464 g/mol. The van der Waals surface area contributed by atoms with Gasteiger partial charge in [0, 0.05) is 12.1 Å². The van der Waals surface area contributed by atoms with Crippen LogP contribution in [0, 0.1) is 17.0 Å². The van der Waals surface area contributed by atoms with Crippen molar-refractivity contribution in [3.05, 3.63) is 94.0 Å². The van der Waals surface area contributed by atoms with Crippen LogP contribution in [0.1, 0.15) is 15.9 Å². The van der Waals surface area contributed by atoms with Gasteiger partial charge in [0.15, 0.2) is 0 Å². The maximum Gasteiger partial charge on any atom is 0.269 e. The van der Waals surface area contributed by atoms with Gasteiger partial charge in [0.2, 0.25) is 0 Å². The number of aliphatic hydroxyl groups excluding tert-OH is 1. The summed E-state index contributed by atoms with van der Waals surface area (Å²) in [5.74, 6) is -1.15. The molecule has 0 unspecified atom stereocenters. The summed E-state index contributed by atoms with van der Waals surface area (Å²) in [6.07, 6.45) is -1.28. The highest BCUT2D eigenvalue weighted by Gasteiger charge is 2.27. The molecule has 0 saturated heterocycles. The molecule has 0 bridgehead atoms. The second kappa shape index (κ2) is 10.3. The average molecular weight is 485 g/mol. The van der Waals surface area contributed by atoms with Gasteiger partial charge in [-0.1, -0.05) is 29.8 Å². The molecule has 3 rings (SSSR count). The molecule has 0 aromatic heterocycles. The number of aliphatic hydroxyl groups is 1. The largest absolute Gasteiger partial charge is 0.545 e. The highest BCUT2D eigenvalue weighted by molar-refractivity contribution is 7.92. The number of ether oxygens (including phenoxy) is 1. The lowest BCUT2D eigenvalue weighted by Crippen LogP contribution is -2.40. The van der Waals surface area contributed by atoms with Crippen molar-refractivity contribution in [2.24, 2.45) is 0 Å². The van der Waals surface area contributed by atoms with Gasteiger partial charge in [-0.15, -0.1) is 0 Å². The molecule has 1 atom stereocenters. The molecular formula is C23H21N2O8S-. The third-order valence-electron chi connectivity index (χ3n) is 4.87. The number of carboxylic acid groups (broad SMARTS) is 1. The fourth-order valence-corrected chi connectivity index (χ4v) is 4.55. The molecule has 0 aliphatic heterocycles. The van der Waals surface area contributed by atoms with E-state index < -0.39 is 33.6 Å². The zero-order chi connectivity index (χ0) is 24.9. The van der Waals surface area contributed by atoms with Gasteiger partial charge >= 0.3 is 0 Å². The Kier molecular flexibility index (Phi) is 7.49. The number of hydrogen-bond donors (Lipinski definition) is 1. The summed E-state index contributed by atoms with van der Waals surface area (Å²) in [6.45, 7) is 1.12. The fourth-order valence-electron chi connectivity index (χ4n) is 3.04. The first-order chi connectivity index (χ1) is 16.1. The first-order valence-electron chi connectivity index (χ1n) is 10.0. The molecule has 0 aliphatic carbocycles. The Morgan fingerprint density at radius 2 is 1.62 bits per heavy atom. The Bertz CT molecular complexity index is 1260. The number of nitro benzene ring substituents is 1. The van der Waals surface area contributed by atoms with Gasteiger partial charge in [-0.05, 0) is 48.9 Å². The van der Waals surface area contributed by atoms with Crippen molar-refractivity contribution < 1.29 is 33.1 Å². The van der Waals surface area contributed by atoms with Gasteiger partial charge in [0.05, 0.1) is 28.0 Å². The van der Waals surface area contributed by atoms with E-state index in [1.165, 1.54) is 60.7 Å². The smallest absolute Gasteiger partial charge is 0.269 e. The second-order valence-corrected chi connectivity index (χ2v) is 9.26. The van der Waals surface area contributed by atoms with E-state index in [-0.39, 0.29) is 34.2 Å². The van der Waals surface area contributed by atoms with Crippen molar-refractivity contribution in [1.29, 1.82) is 0 Å². The van der Waals surface area contributed by atoms with Crippen LogP contribution in [0.2, 0.25) is 0 Å². The summed E-state index contributed by atoms with van der Waals surface area (Å²) < 4.78 is 33.1. The van der Waals surface area contributed by atoms with Gasteiger partial charge in [-0.3, -0.25) is 14.4 Å². The fraction of sp³-hybridized carbons (Fsp3) is 0.174. The van der Waals surface area contributed by atoms with E-state index in [2.05, 4.69) is 0 Å². The molecule has 0 saturated carbocycles. The van der Waals surface area contributed by atoms with Crippen LogP contribution in [0.4, 0.5) is 11.4 Å². The molecule has 1 N–H and O–H groups in total. The Morgan fingerprint density at radius 1 is 1.03 bits per heavy atom. The summed E-state index contributed by atoms with van der Waals surface area (Å²) >= 11 is 0. The first kappa shape index (κ1) is 24.7. The summed E-state index contributed by atoms with van der Waals surface area (Å²) in [4.78, 5) is 21.2. The van der Waals surface area contributed by atoms with Crippen molar-refractivity contribution in [3.63, 3.8) is 0 Å². The number of rotatable bonds is 10. The quantitative estimate of drug-likeness (QED) is 0.338. The molecule has 34 heavy (non-hydrogen) atoms. The Labute approximate surface area is 195 Å². The molecule has 0 fully saturated rings. The molecule has 3 aromatic carbocycles. The standard InChI is InChI=1S/C23H22N2O8S/c1-16-2-12-22(13-3-16)34(31,32)24(18-6-4-17(5-7-18)23(27)28)14-20(26)15-33-21-10-8-19(9-11-21)25(29)30/h2-13,20,26H,14-15H2,1H3,(H,27,28)/p-1/t20-/m0/s1. The Morgan fingerprint density at radius 3 is 2.15 bits per heavy atom. The van der Waals surface area contributed by atoms with E-state index in [0.717, 1.165) is 9.87 Å². The highest BCUT2D eigenvalue weighted by atomic mass is 32.2. The van der Waals surface area contributed by atoms with Crippen molar-refractivity contribution in [2.75, 3.05) is 17.5 Å². The van der Waals surface area contributed by atoms with Crippen LogP contribution in [0.25, 0.3) is 0 Å². The Hall–Kier alpha value is -3.96. The number of hydrogen-bond acceptors (Lipinski definition) is 8. The lowest BCUT2D eigenvalue weighted by molar-refractivity contribution is -0.384. The van der Waals surface area contributed by atoms with Crippen LogP contribution < -0.4 is 14.1 Å². The van der Waals surface area contributed by atoms with Crippen LogP contribution in [-0.4, -0.2) is 43.7 Å². The minimum Gasteiger partial charge on any atom is -0.545 e. The van der Waals surface area contributed by atoms with Crippen LogP contribution >= 0.6 is 0 Å². The van der Waals surface area contributed by atoms with E-state index in [1.807, 2.05) is 6.92 Å². The predicted molar refractivity (Wildman–Crippen MR) is 121 cm³/mol. The molecule has 0 amide bonds. The van der Waals surface area contributed by atoms with Crippen LogP contribution in [0.15, 0.2) is 77.7 Å². The number of carboxylic acids is 1. The molecule has 3 aromatic rings. The van der Waals surface area contributed by atoms with Gasteiger partial charge in [-0.25, -0.2) is 8.42 Å². The summed E-state index contributed by atoms with van der Waals surface area (Å²) in [6, 6.07) is 16.4. The van der Waals surface area contributed by atoms with Crippen LogP contribution in [0.5, 0.6) is 5.75 Å². The first-order valence-corrected chi connectivity index (χ1v) is 11.5. The number of aromatic carboxylic acids is 1. The lowest BCUT2D eigenvalue weighted by atomic mass is 10.2. The molecule has 0 aliphatic rings. The number of benzene rings is 3. The monoisotopic (exact) mass is 485 g/mol. The number of anilines is 1. The van der Waals surface area contributed by atoms with E-state index in [4.69, 9.17) is 4.74 Å². The van der Waals surface area contributed by atoms with Gasteiger partial charge in [0.1, 0.15) is 18.5 Å². The topological polar surface area (TPSA) is 150 Å². The van der Waals surface area contributed by atoms with Crippen LogP contribution in [-0.2, 0) is 10.0 Å². The maximum atomic E-state index is 13.4. The number of nitro groups is 1. The number of carbonyl (C=O) groups excluding carboxylic acids is 1. The lowest BCUT2D eigenvalue weighted by Gasteiger charge is -2.27. The average Bonchev–Trinajstić information content (AvgIpc) is 2.81. The SMILES string of the molecule is Cc1ccc(S(=O)(=O)N(C[C@H](O)COc2ccc([N+](=O)[O-])cc2)c2ccc(C(=O)[O-])cc2)cc1.